The maximum atomic E-state index is 12.1. The molecule has 0 aromatic heterocycles. The second-order valence-corrected chi connectivity index (χ2v) is 6.42. The second kappa shape index (κ2) is 12.6. The molecule has 160 valence electrons. The molecule has 28 heavy (non-hydrogen) atoms. The number of amides is 4. The smallest absolute Gasteiger partial charge is 0.326 e. The Morgan fingerprint density at radius 2 is 1.39 bits per heavy atom. The minimum atomic E-state index is -1.51. The molecule has 0 aliphatic heterocycles. The van der Waals surface area contributed by atoms with Gasteiger partial charge >= 0.3 is 5.97 Å². The van der Waals surface area contributed by atoms with Crippen LogP contribution in [0.4, 0.5) is 0 Å². The van der Waals surface area contributed by atoms with Gasteiger partial charge in [-0.15, -0.1) is 0 Å². The molecular formula is C16H30N6O6. The monoisotopic (exact) mass is 402 g/mol. The van der Waals surface area contributed by atoms with E-state index in [0.29, 0.717) is 19.4 Å². The summed E-state index contributed by atoms with van der Waals surface area (Å²) in [5.41, 5.74) is 16.0. The zero-order chi connectivity index (χ0) is 21.9. The fourth-order valence-electron chi connectivity index (χ4n) is 2.13. The van der Waals surface area contributed by atoms with Gasteiger partial charge in [0.05, 0.1) is 12.5 Å². The van der Waals surface area contributed by atoms with Gasteiger partial charge in [0.1, 0.15) is 18.1 Å². The van der Waals surface area contributed by atoms with Gasteiger partial charge in [-0.25, -0.2) is 4.79 Å². The van der Waals surface area contributed by atoms with Crippen LogP contribution in [0.25, 0.3) is 0 Å². The van der Waals surface area contributed by atoms with E-state index in [2.05, 4.69) is 16.0 Å². The first-order valence-corrected chi connectivity index (χ1v) is 8.87. The molecule has 4 unspecified atom stereocenters. The number of carbonyl (C=O) groups excluding carboxylic acids is 4. The predicted octanol–water partition coefficient (Wildman–Crippen LogP) is -3.10. The molecule has 4 atom stereocenters. The standard InChI is InChI=1S/C16H30N6O6/c1-8(21-15(26)10(18)5-3-4-6-17)13(24)20-9(2)14(25)22-11(16(27)28)7-12(19)23/h8-11H,3-7,17-18H2,1-2H3,(H2,19,23)(H,20,24)(H,21,26)(H,22,25)(H,27,28). The van der Waals surface area contributed by atoms with Crippen molar-refractivity contribution in [3.63, 3.8) is 0 Å². The summed E-state index contributed by atoms with van der Waals surface area (Å²) in [5.74, 6) is -4.33. The number of unbranched alkanes of at least 4 members (excludes halogenated alkanes) is 1. The van der Waals surface area contributed by atoms with Crippen molar-refractivity contribution in [3.8, 4) is 0 Å². The molecule has 4 amide bonds. The summed E-state index contributed by atoms with van der Waals surface area (Å²) >= 11 is 0. The highest BCUT2D eigenvalue weighted by Crippen LogP contribution is 1.99. The molecule has 0 rings (SSSR count). The molecule has 0 radical (unpaired) electrons. The SMILES string of the molecule is CC(NC(=O)C(N)CCCCN)C(=O)NC(C)C(=O)NC(CC(N)=O)C(=O)O. The van der Waals surface area contributed by atoms with Gasteiger partial charge in [-0.1, -0.05) is 6.42 Å². The molecule has 0 aliphatic rings. The average molecular weight is 402 g/mol. The Labute approximate surface area is 162 Å². The van der Waals surface area contributed by atoms with Crippen molar-refractivity contribution < 1.29 is 29.1 Å². The largest absolute Gasteiger partial charge is 0.480 e. The second-order valence-electron chi connectivity index (χ2n) is 6.42. The van der Waals surface area contributed by atoms with E-state index in [9.17, 15) is 24.0 Å². The Bertz CT molecular complexity index is 584. The van der Waals surface area contributed by atoms with Crippen molar-refractivity contribution in [1.82, 2.24) is 16.0 Å². The van der Waals surface area contributed by atoms with Gasteiger partial charge in [0, 0.05) is 0 Å². The Hall–Kier alpha value is -2.73. The summed E-state index contributed by atoms with van der Waals surface area (Å²) in [4.78, 5) is 58.0. The van der Waals surface area contributed by atoms with E-state index in [1.54, 1.807) is 0 Å². The number of nitrogens with two attached hydrogens (primary N) is 3. The third-order valence-corrected chi connectivity index (χ3v) is 3.83. The fourth-order valence-corrected chi connectivity index (χ4v) is 2.13. The minimum absolute atomic E-state index is 0.423. The first-order chi connectivity index (χ1) is 13.0. The van der Waals surface area contributed by atoms with Crippen LogP contribution in [0.15, 0.2) is 0 Å². The molecule has 0 spiro atoms. The molecule has 0 bridgehead atoms. The molecule has 0 heterocycles. The van der Waals surface area contributed by atoms with Crippen LogP contribution in [-0.4, -0.2) is 65.4 Å². The lowest BCUT2D eigenvalue weighted by Crippen LogP contribution is -2.55. The van der Waals surface area contributed by atoms with Crippen molar-refractivity contribution in [3.05, 3.63) is 0 Å². The van der Waals surface area contributed by atoms with Crippen LogP contribution in [0.3, 0.4) is 0 Å². The van der Waals surface area contributed by atoms with Gasteiger partial charge in [-0.2, -0.15) is 0 Å². The normalized spacial score (nSPS) is 14.9. The molecule has 0 aromatic rings. The fraction of sp³-hybridized carbons (Fsp3) is 0.688. The molecular weight excluding hydrogens is 372 g/mol. The molecule has 12 nitrogen and oxygen atoms in total. The summed E-state index contributed by atoms with van der Waals surface area (Å²) in [6.07, 6.45) is 1.25. The molecule has 0 saturated heterocycles. The Morgan fingerprint density at radius 3 is 1.86 bits per heavy atom. The molecule has 0 aromatic carbocycles. The van der Waals surface area contributed by atoms with Crippen LogP contribution in [0, 0.1) is 0 Å². The number of carbonyl (C=O) groups is 5. The van der Waals surface area contributed by atoms with E-state index in [4.69, 9.17) is 22.3 Å². The Kier molecular flexibility index (Phi) is 11.4. The topological polar surface area (TPSA) is 220 Å². The van der Waals surface area contributed by atoms with E-state index in [-0.39, 0.29) is 0 Å². The number of carboxylic acids is 1. The maximum Gasteiger partial charge on any atom is 0.326 e. The predicted molar refractivity (Wildman–Crippen MR) is 99.5 cm³/mol. The summed E-state index contributed by atoms with van der Waals surface area (Å²) in [5, 5.41) is 15.9. The lowest BCUT2D eigenvalue weighted by molar-refractivity contribution is -0.143. The number of carboxylic acid groups (broad SMARTS) is 1. The Morgan fingerprint density at radius 1 is 0.893 bits per heavy atom. The first kappa shape index (κ1) is 25.3. The van der Waals surface area contributed by atoms with Crippen molar-refractivity contribution in [2.75, 3.05) is 6.54 Å². The first-order valence-electron chi connectivity index (χ1n) is 8.87. The van der Waals surface area contributed by atoms with Crippen molar-refractivity contribution in [2.45, 2.75) is 63.7 Å². The third kappa shape index (κ3) is 9.83. The van der Waals surface area contributed by atoms with Gasteiger partial charge in [-0.05, 0) is 33.2 Å². The third-order valence-electron chi connectivity index (χ3n) is 3.83. The lowest BCUT2D eigenvalue weighted by atomic mass is 10.1. The molecule has 12 heteroatoms. The summed E-state index contributed by atoms with van der Waals surface area (Å²) in [7, 11) is 0. The zero-order valence-electron chi connectivity index (χ0n) is 16.1. The van der Waals surface area contributed by atoms with E-state index in [1.165, 1.54) is 13.8 Å². The molecule has 10 N–H and O–H groups in total. The van der Waals surface area contributed by atoms with Gasteiger partial charge in [0.2, 0.25) is 23.6 Å². The van der Waals surface area contributed by atoms with E-state index in [0.717, 1.165) is 6.42 Å². The van der Waals surface area contributed by atoms with Gasteiger partial charge in [-0.3, -0.25) is 19.2 Å². The summed E-state index contributed by atoms with van der Waals surface area (Å²) in [6, 6.07) is -4.37. The summed E-state index contributed by atoms with van der Waals surface area (Å²) in [6.45, 7) is 3.23. The van der Waals surface area contributed by atoms with Gasteiger partial charge < -0.3 is 38.3 Å². The molecule has 0 saturated carbocycles. The quantitative estimate of drug-likeness (QED) is 0.156. The van der Waals surface area contributed by atoms with Gasteiger partial charge in [0.15, 0.2) is 0 Å². The number of aliphatic carboxylic acids is 1. The van der Waals surface area contributed by atoms with Gasteiger partial charge in [0.25, 0.3) is 0 Å². The van der Waals surface area contributed by atoms with Crippen LogP contribution >= 0.6 is 0 Å². The molecule has 0 aliphatic carbocycles. The van der Waals surface area contributed by atoms with Crippen molar-refractivity contribution in [1.29, 1.82) is 0 Å². The highest BCUT2D eigenvalue weighted by atomic mass is 16.4. The zero-order valence-corrected chi connectivity index (χ0v) is 16.1. The Balaban J connectivity index is 4.57. The highest BCUT2D eigenvalue weighted by molar-refractivity contribution is 5.94. The average Bonchev–Trinajstić information content (AvgIpc) is 2.60. The van der Waals surface area contributed by atoms with E-state index >= 15 is 0 Å². The van der Waals surface area contributed by atoms with Crippen LogP contribution in [0.2, 0.25) is 0 Å². The van der Waals surface area contributed by atoms with Crippen LogP contribution in [0.1, 0.15) is 39.5 Å². The van der Waals surface area contributed by atoms with Crippen LogP contribution < -0.4 is 33.2 Å². The maximum absolute atomic E-state index is 12.1. The number of primary amides is 1. The minimum Gasteiger partial charge on any atom is -0.480 e. The van der Waals surface area contributed by atoms with Crippen molar-refractivity contribution in [2.24, 2.45) is 17.2 Å². The highest BCUT2D eigenvalue weighted by Gasteiger charge is 2.27. The van der Waals surface area contributed by atoms with E-state index in [1.807, 2.05) is 0 Å². The number of hydrogen-bond donors (Lipinski definition) is 7. The number of hydrogen-bond acceptors (Lipinski definition) is 7. The number of nitrogens with one attached hydrogen (secondary N) is 3. The van der Waals surface area contributed by atoms with Crippen LogP contribution in [0.5, 0.6) is 0 Å². The van der Waals surface area contributed by atoms with Crippen molar-refractivity contribution >= 4 is 29.6 Å². The van der Waals surface area contributed by atoms with Crippen LogP contribution in [-0.2, 0) is 24.0 Å². The molecule has 0 fully saturated rings. The van der Waals surface area contributed by atoms with E-state index < -0.39 is 60.2 Å². The number of rotatable bonds is 13. The summed E-state index contributed by atoms with van der Waals surface area (Å²) < 4.78 is 0. The lowest BCUT2D eigenvalue weighted by Gasteiger charge is -2.21.